The maximum atomic E-state index is 9.13. The number of rotatable bonds is 3. The molecule has 1 rings (SSSR count). The van der Waals surface area contributed by atoms with Crippen molar-refractivity contribution < 1.29 is 5.11 Å². The number of benzene rings is 1. The van der Waals surface area contributed by atoms with Crippen molar-refractivity contribution in [3.63, 3.8) is 0 Å². The molecular weight excluding hydrogens is 168 g/mol. The van der Waals surface area contributed by atoms with Crippen molar-refractivity contribution in [2.75, 3.05) is 6.26 Å². The van der Waals surface area contributed by atoms with Crippen LogP contribution in [-0.4, -0.2) is 17.5 Å². The number of aliphatic hydroxyl groups is 1. The van der Waals surface area contributed by atoms with E-state index in [1.807, 2.05) is 6.92 Å². The second-order valence-corrected chi connectivity index (χ2v) is 3.78. The van der Waals surface area contributed by atoms with Gasteiger partial charge in [0.25, 0.3) is 0 Å². The first-order chi connectivity index (χ1) is 5.72. The van der Waals surface area contributed by atoms with Crippen LogP contribution in [0.2, 0.25) is 0 Å². The van der Waals surface area contributed by atoms with Crippen LogP contribution in [0.15, 0.2) is 29.2 Å². The molecule has 1 unspecified atom stereocenters. The van der Waals surface area contributed by atoms with Crippen LogP contribution in [0.4, 0.5) is 0 Å². The van der Waals surface area contributed by atoms with Gasteiger partial charge in [-0.25, -0.2) is 0 Å². The predicted octanol–water partition coefficient (Wildman–Crippen LogP) is 2.33. The Kier molecular flexibility index (Phi) is 3.63. The van der Waals surface area contributed by atoms with Crippen LogP contribution in [0.3, 0.4) is 0 Å². The highest BCUT2D eigenvalue weighted by molar-refractivity contribution is 7.98. The lowest BCUT2D eigenvalue weighted by Crippen LogP contribution is -2.03. The van der Waals surface area contributed by atoms with Gasteiger partial charge in [-0.1, -0.05) is 12.1 Å². The fourth-order valence-corrected chi connectivity index (χ4v) is 1.51. The van der Waals surface area contributed by atoms with Crippen LogP contribution < -0.4 is 0 Å². The van der Waals surface area contributed by atoms with Gasteiger partial charge in [-0.15, -0.1) is 11.8 Å². The summed E-state index contributed by atoms with van der Waals surface area (Å²) in [5.41, 5.74) is 1.20. The van der Waals surface area contributed by atoms with E-state index in [9.17, 15) is 0 Å². The van der Waals surface area contributed by atoms with E-state index in [1.54, 1.807) is 11.8 Å². The van der Waals surface area contributed by atoms with Crippen LogP contribution in [0.25, 0.3) is 0 Å². The molecule has 0 aliphatic carbocycles. The van der Waals surface area contributed by atoms with Crippen molar-refractivity contribution in [1.29, 1.82) is 0 Å². The molecule has 1 aromatic carbocycles. The maximum absolute atomic E-state index is 9.13. The van der Waals surface area contributed by atoms with Crippen molar-refractivity contribution in [3.8, 4) is 0 Å². The predicted molar refractivity (Wildman–Crippen MR) is 53.6 cm³/mol. The lowest BCUT2D eigenvalue weighted by atomic mass is 10.1. The summed E-state index contributed by atoms with van der Waals surface area (Å²) < 4.78 is 0. The number of thioether (sulfide) groups is 1. The third-order valence-electron chi connectivity index (χ3n) is 1.69. The highest BCUT2D eigenvalue weighted by Crippen LogP contribution is 2.15. The van der Waals surface area contributed by atoms with Crippen molar-refractivity contribution in [2.24, 2.45) is 0 Å². The molecule has 0 fully saturated rings. The fraction of sp³-hybridized carbons (Fsp3) is 0.400. The summed E-state index contributed by atoms with van der Waals surface area (Å²) in [5.74, 6) is 0. The Hall–Kier alpha value is -0.470. The molecule has 12 heavy (non-hydrogen) atoms. The minimum absolute atomic E-state index is 0.245. The van der Waals surface area contributed by atoms with Gasteiger partial charge in [0.15, 0.2) is 0 Å². The molecule has 0 aromatic heterocycles. The highest BCUT2D eigenvalue weighted by Gasteiger charge is 1.98. The van der Waals surface area contributed by atoms with E-state index in [4.69, 9.17) is 5.11 Å². The highest BCUT2D eigenvalue weighted by atomic mass is 32.2. The number of aliphatic hydroxyl groups excluding tert-OH is 1. The molecule has 1 aromatic rings. The molecule has 1 N–H and O–H groups in total. The lowest BCUT2D eigenvalue weighted by molar-refractivity contribution is 0.195. The minimum atomic E-state index is -0.245. The molecule has 0 heterocycles. The molecule has 1 nitrogen and oxygen atoms in total. The van der Waals surface area contributed by atoms with Crippen LogP contribution in [-0.2, 0) is 6.42 Å². The third-order valence-corrected chi connectivity index (χ3v) is 2.43. The van der Waals surface area contributed by atoms with Gasteiger partial charge in [0.2, 0.25) is 0 Å². The first-order valence-electron chi connectivity index (χ1n) is 4.03. The Morgan fingerprint density at radius 3 is 2.33 bits per heavy atom. The zero-order valence-corrected chi connectivity index (χ0v) is 8.27. The fourth-order valence-electron chi connectivity index (χ4n) is 1.10. The normalized spacial score (nSPS) is 12.9. The molecule has 0 saturated heterocycles. The lowest BCUT2D eigenvalue weighted by Gasteiger charge is -2.04. The first-order valence-corrected chi connectivity index (χ1v) is 5.26. The second kappa shape index (κ2) is 4.53. The van der Waals surface area contributed by atoms with Crippen LogP contribution >= 0.6 is 11.8 Å². The molecule has 0 radical (unpaired) electrons. The van der Waals surface area contributed by atoms with Gasteiger partial charge in [-0.05, 0) is 37.3 Å². The summed E-state index contributed by atoms with van der Waals surface area (Å²) in [6.07, 6.45) is 2.56. The van der Waals surface area contributed by atoms with Gasteiger partial charge in [0.1, 0.15) is 0 Å². The molecule has 0 spiro atoms. The van der Waals surface area contributed by atoms with E-state index in [0.29, 0.717) is 0 Å². The summed E-state index contributed by atoms with van der Waals surface area (Å²) in [4.78, 5) is 1.27. The molecule has 1 atom stereocenters. The monoisotopic (exact) mass is 182 g/mol. The molecule has 0 bridgehead atoms. The number of hydrogen-bond acceptors (Lipinski definition) is 2. The summed E-state index contributed by atoms with van der Waals surface area (Å²) in [7, 11) is 0. The van der Waals surface area contributed by atoms with Crippen LogP contribution in [0.1, 0.15) is 12.5 Å². The van der Waals surface area contributed by atoms with E-state index >= 15 is 0 Å². The summed E-state index contributed by atoms with van der Waals surface area (Å²) in [5, 5.41) is 9.13. The van der Waals surface area contributed by atoms with E-state index in [1.165, 1.54) is 10.5 Å². The minimum Gasteiger partial charge on any atom is -0.393 e. The van der Waals surface area contributed by atoms with Crippen molar-refractivity contribution in [3.05, 3.63) is 29.8 Å². The molecule has 0 aliphatic heterocycles. The van der Waals surface area contributed by atoms with Crippen molar-refractivity contribution >= 4 is 11.8 Å². The van der Waals surface area contributed by atoms with Crippen molar-refractivity contribution in [1.82, 2.24) is 0 Å². The first kappa shape index (κ1) is 9.62. The topological polar surface area (TPSA) is 20.2 Å². The van der Waals surface area contributed by atoms with E-state index < -0.39 is 0 Å². The molecule has 0 saturated carbocycles. The van der Waals surface area contributed by atoms with Gasteiger partial charge in [-0.3, -0.25) is 0 Å². The Morgan fingerprint density at radius 1 is 1.33 bits per heavy atom. The quantitative estimate of drug-likeness (QED) is 0.724. The van der Waals surface area contributed by atoms with Gasteiger partial charge < -0.3 is 5.11 Å². The van der Waals surface area contributed by atoms with Crippen molar-refractivity contribution in [2.45, 2.75) is 24.3 Å². The Bertz CT molecular complexity index is 228. The van der Waals surface area contributed by atoms with Gasteiger partial charge in [0, 0.05) is 4.90 Å². The maximum Gasteiger partial charge on any atom is 0.0552 e. The summed E-state index contributed by atoms with van der Waals surface area (Å²) in [6, 6.07) is 8.31. The van der Waals surface area contributed by atoms with E-state index in [0.717, 1.165) is 6.42 Å². The second-order valence-electron chi connectivity index (χ2n) is 2.90. The van der Waals surface area contributed by atoms with Crippen LogP contribution in [0.5, 0.6) is 0 Å². The molecule has 0 amide bonds. The van der Waals surface area contributed by atoms with E-state index in [2.05, 4.69) is 30.5 Å². The summed E-state index contributed by atoms with van der Waals surface area (Å²) in [6.45, 7) is 1.81. The molecule has 2 heteroatoms. The van der Waals surface area contributed by atoms with Gasteiger partial charge in [0.05, 0.1) is 6.10 Å². The largest absolute Gasteiger partial charge is 0.393 e. The van der Waals surface area contributed by atoms with Crippen LogP contribution in [0, 0.1) is 0 Å². The molecular formula is C10H14OS. The zero-order valence-electron chi connectivity index (χ0n) is 7.45. The SMILES string of the molecule is CSc1ccc(CC(C)O)cc1. The Labute approximate surface area is 77.8 Å². The van der Waals surface area contributed by atoms with Gasteiger partial charge >= 0.3 is 0 Å². The van der Waals surface area contributed by atoms with Gasteiger partial charge in [-0.2, -0.15) is 0 Å². The Morgan fingerprint density at radius 2 is 1.92 bits per heavy atom. The Balaban J connectivity index is 2.65. The average Bonchev–Trinajstić information content (AvgIpc) is 2.05. The average molecular weight is 182 g/mol. The zero-order chi connectivity index (χ0) is 8.97. The van der Waals surface area contributed by atoms with E-state index in [-0.39, 0.29) is 6.10 Å². The number of hydrogen-bond donors (Lipinski definition) is 1. The smallest absolute Gasteiger partial charge is 0.0552 e. The molecule has 66 valence electrons. The third kappa shape index (κ3) is 2.88. The standard InChI is InChI=1S/C10H14OS/c1-8(11)7-9-3-5-10(12-2)6-4-9/h3-6,8,11H,7H2,1-2H3. The molecule has 0 aliphatic rings. The summed E-state index contributed by atoms with van der Waals surface area (Å²) >= 11 is 1.73.